The Kier molecular flexibility index (Phi) is 43.0. The van der Waals surface area contributed by atoms with Crippen LogP contribution in [-0.2, 0) is 86.3 Å². The Morgan fingerprint density at radius 2 is 0.776 bits per heavy atom. The molecule has 0 unspecified atom stereocenters. The van der Waals surface area contributed by atoms with Crippen molar-refractivity contribution in [2.45, 2.75) is 220 Å². The van der Waals surface area contributed by atoms with E-state index in [1.54, 1.807) is 69.2 Å². The number of carbonyl (C=O) groups excluding carboxylic acids is 17. The maximum Gasteiger partial charge on any atom is 0.322 e. The van der Waals surface area contributed by atoms with Crippen LogP contribution < -0.4 is 90.8 Å². The summed E-state index contributed by atoms with van der Waals surface area (Å²) in [4.78, 5) is 237. The van der Waals surface area contributed by atoms with Crippen LogP contribution in [0.3, 0.4) is 0 Å². The maximum atomic E-state index is 13.8. The van der Waals surface area contributed by atoms with Crippen LogP contribution >= 0.6 is 12.6 Å². The highest BCUT2D eigenvalue weighted by Crippen LogP contribution is 2.20. The third-order valence-corrected chi connectivity index (χ3v) is 17.3. The average molecular weight is 1540 g/mol. The molecule has 0 bridgehead atoms. The SMILES string of the molecule is CC[C@H](C)[C@H](NC(=O)CNC(=O)CNC(=O)CNC(=O)[C@H](CC(C)C)NC(=O)[C@@H](NC(=O)[C@H](CC(C)C)NC(=O)CNC(=O)[C@H](C)NC(=O)[C@@H](NC(=O)CNC(=O)[C@@H](NC(=O)[C@@H](NC(=O)[C@@H]1CCCN1C(=O)[C@H](CS)NC(=O)[C@@H](NC(=O)CN)[C@@H](C)O)[C@@H](C)O)C(C)C)[C@@H](C)CC)[C@@H](C)O)C(=O)NCC(=O)O. The van der Waals surface area contributed by atoms with Crippen LogP contribution in [-0.4, -0.2) is 275 Å². The van der Waals surface area contributed by atoms with Crippen molar-refractivity contribution in [3.63, 3.8) is 0 Å². The van der Waals surface area contributed by atoms with Crippen molar-refractivity contribution in [2.24, 2.45) is 35.3 Å². The van der Waals surface area contributed by atoms with Gasteiger partial charge in [-0.3, -0.25) is 86.3 Å². The minimum absolute atomic E-state index is 0.00681. The van der Waals surface area contributed by atoms with E-state index in [0.717, 1.165) is 4.90 Å². The van der Waals surface area contributed by atoms with E-state index < -0.39 is 255 Å². The van der Waals surface area contributed by atoms with Gasteiger partial charge in [0, 0.05) is 12.3 Å². The Morgan fingerprint density at radius 1 is 0.402 bits per heavy atom. The number of carbonyl (C=O) groups is 18. The van der Waals surface area contributed by atoms with Gasteiger partial charge in [-0.2, -0.15) is 12.6 Å². The van der Waals surface area contributed by atoms with Gasteiger partial charge in [-0.05, 0) is 83.0 Å². The highest BCUT2D eigenvalue weighted by Gasteiger charge is 2.42. The lowest BCUT2D eigenvalue weighted by Gasteiger charge is -2.31. The number of carboxylic acids is 1. The molecule has 1 aliphatic rings. The van der Waals surface area contributed by atoms with Gasteiger partial charge in [-0.1, -0.05) is 82.1 Å². The number of aliphatic hydroxyl groups excluding tert-OH is 3. The fourth-order valence-corrected chi connectivity index (χ4v) is 10.7. The summed E-state index contributed by atoms with van der Waals surface area (Å²) in [7, 11) is 0. The van der Waals surface area contributed by atoms with Gasteiger partial charge in [0.25, 0.3) is 0 Å². The average Bonchev–Trinajstić information content (AvgIpc) is 1.72. The number of nitrogens with zero attached hydrogens (tertiary/aromatic N) is 1. The minimum atomic E-state index is -1.72. The van der Waals surface area contributed by atoms with Crippen molar-refractivity contribution in [1.82, 2.24) is 90.0 Å². The number of nitrogens with two attached hydrogens (primary N) is 1. The van der Waals surface area contributed by atoms with Crippen molar-refractivity contribution in [1.29, 1.82) is 0 Å². The molecule has 41 heteroatoms. The number of aliphatic carboxylic acids is 1. The van der Waals surface area contributed by atoms with Crippen molar-refractivity contribution >= 4 is 119 Å². The van der Waals surface area contributed by atoms with E-state index in [-0.39, 0.29) is 43.4 Å². The van der Waals surface area contributed by atoms with Crippen molar-refractivity contribution in [3.05, 3.63) is 0 Å². The lowest BCUT2D eigenvalue weighted by molar-refractivity contribution is -0.143. The first-order valence-corrected chi connectivity index (χ1v) is 36.1. The first-order valence-electron chi connectivity index (χ1n) is 35.5. The normalized spacial score (nSPS) is 16.8. The van der Waals surface area contributed by atoms with E-state index in [9.17, 15) is 102 Å². The minimum Gasteiger partial charge on any atom is -0.480 e. The van der Waals surface area contributed by atoms with Gasteiger partial charge in [-0.25, -0.2) is 0 Å². The highest BCUT2D eigenvalue weighted by molar-refractivity contribution is 7.80. The lowest BCUT2D eigenvalue weighted by atomic mass is 9.98. The monoisotopic (exact) mass is 1540 g/mol. The van der Waals surface area contributed by atoms with Crippen LogP contribution in [0.5, 0.6) is 0 Å². The van der Waals surface area contributed by atoms with E-state index in [4.69, 9.17) is 10.8 Å². The van der Waals surface area contributed by atoms with E-state index >= 15 is 0 Å². The molecule has 0 radical (unpaired) electrons. The van der Waals surface area contributed by atoms with Crippen LogP contribution in [0.15, 0.2) is 0 Å². The number of aliphatic hydroxyl groups is 3. The Labute approximate surface area is 627 Å². The number of hydrogen-bond donors (Lipinski definition) is 22. The predicted octanol–water partition coefficient (Wildman–Crippen LogP) is -8.50. The molecular weight excluding hydrogens is 1430 g/mol. The molecule has 16 atom stereocenters. The van der Waals surface area contributed by atoms with Crippen molar-refractivity contribution in [2.75, 3.05) is 58.1 Å². The molecule has 1 aliphatic heterocycles. The topological polar surface area (TPSA) is 610 Å². The predicted molar refractivity (Wildman–Crippen MR) is 386 cm³/mol. The lowest BCUT2D eigenvalue weighted by Crippen LogP contribution is -2.62. The molecule has 0 spiro atoms. The largest absolute Gasteiger partial charge is 0.480 e. The van der Waals surface area contributed by atoms with Gasteiger partial charge >= 0.3 is 5.97 Å². The summed E-state index contributed by atoms with van der Waals surface area (Å²) in [5.74, 6) is -18.5. The highest BCUT2D eigenvalue weighted by atomic mass is 32.1. The number of hydrogen-bond acceptors (Lipinski definition) is 23. The fourth-order valence-electron chi connectivity index (χ4n) is 10.5. The second-order valence-electron chi connectivity index (χ2n) is 27.5. The Balaban J connectivity index is 2.99. The molecule has 606 valence electrons. The molecule has 1 saturated heterocycles. The number of nitrogens with one attached hydrogen (secondary N) is 16. The molecule has 0 aromatic carbocycles. The smallest absolute Gasteiger partial charge is 0.322 e. The molecular formula is C66H114N18O22S. The van der Waals surface area contributed by atoms with Gasteiger partial charge in [0.15, 0.2) is 0 Å². The summed E-state index contributed by atoms with van der Waals surface area (Å²) < 4.78 is 0. The van der Waals surface area contributed by atoms with Gasteiger partial charge in [0.05, 0.1) is 57.6 Å². The van der Waals surface area contributed by atoms with E-state index in [1.807, 2.05) is 0 Å². The summed E-state index contributed by atoms with van der Waals surface area (Å²) in [6.07, 6.45) is -3.41. The second-order valence-corrected chi connectivity index (χ2v) is 27.8. The third kappa shape index (κ3) is 34.4. The molecule has 40 nitrogen and oxygen atoms in total. The molecule has 0 aromatic heterocycles. The zero-order chi connectivity index (χ0) is 81.9. The van der Waals surface area contributed by atoms with Gasteiger partial charge < -0.3 is 116 Å². The molecule has 0 aliphatic carbocycles. The summed E-state index contributed by atoms with van der Waals surface area (Å²) >= 11 is 4.18. The molecule has 0 saturated carbocycles. The summed E-state index contributed by atoms with van der Waals surface area (Å²) in [6, 6.07) is -15.3. The van der Waals surface area contributed by atoms with Crippen LogP contribution in [0.4, 0.5) is 0 Å². The van der Waals surface area contributed by atoms with Crippen molar-refractivity contribution in [3.8, 4) is 0 Å². The number of amides is 17. The van der Waals surface area contributed by atoms with E-state index in [0.29, 0.717) is 19.3 Å². The van der Waals surface area contributed by atoms with Crippen LogP contribution in [0.25, 0.3) is 0 Å². The second kappa shape index (κ2) is 48.1. The Bertz CT molecular complexity index is 3100. The molecule has 17 amide bonds. The summed E-state index contributed by atoms with van der Waals surface area (Å²) in [5, 5.41) is 78.7. The number of thiol groups is 1. The Morgan fingerprint density at radius 3 is 1.24 bits per heavy atom. The van der Waals surface area contributed by atoms with Gasteiger partial charge in [0.1, 0.15) is 73.0 Å². The fraction of sp³-hybridized carbons (Fsp3) is 0.727. The molecule has 0 aromatic rings. The quantitative estimate of drug-likeness (QED) is 0.0252. The van der Waals surface area contributed by atoms with Gasteiger partial charge in [0.2, 0.25) is 100 Å². The standard InChI is InChI=1S/C66H114N18O22S/c1-15-33(9)51(61(101)73-28-49(94)95)79-47(92)25-69-44(89)23-68-45(90)24-71-57(97)39(20-30(3)4)76-64(104)54(37(13)86)82-58(98)40(21-31(5)6)75-46(91)26-70-56(96)35(11)74-62(102)52(34(10)16-2)80-48(93)27-72-60(100)50(32(7)8)81-65(105)55(38(14)87)83-59(99)42-18-17-19-84(42)66(106)41(29-107)77-63(103)53(36(12)85)78-43(88)22-67/h30-42,50-55,85-87,107H,15-29,67H2,1-14H3,(H,68,90)(H,69,89)(H,70,96)(H,71,97)(H,72,100)(H,73,101)(H,74,102)(H,75,91)(H,76,104)(H,77,103)(H,78,88)(H,79,92)(H,80,93)(H,81,105)(H,82,98)(H,83,99)(H,94,95)/t33-,34-,35-,36+,37+,38+,39-,40-,41-,42-,50-,51-,52-,53-,54-,55-/m0/s1. The molecule has 107 heavy (non-hydrogen) atoms. The first-order chi connectivity index (χ1) is 49.9. The number of rotatable bonds is 47. The molecule has 1 heterocycles. The van der Waals surface area contributed by atoms with Crippen LogP contribution in [0, 0.1) is 29.6 Å². The zero-order valence-electron chi connectivity index (χ0n) is 63.2. The van der Waals surface area contributed by atoms with E-state index in [1.165, 1.54) is 27.7 Å². The summed E-state index contributed by atoms with van der Waals surface area (Å²) in [5.41, 5.74) is 5.33. The Hall–Kier alpha value is -9.35. The summed E-state index contributed by atoms with van der Waals surface area (Å²) in [6.45, 7) is 17.0. The molecule has 22 N–H and O–H groups in total. The third-order valence-electron chi connectivity index (χ3n) is 16.9. The van der Waals surface area contributed by atoms with Crippen LogP contribution in [0.2, 0.25) is 0 Å². The first kappa shape index (κ1) is 95.7. The maximum absolute atomic E-state index is 13.8. The molecule has 1 fully saturated rings. The number of carboxylic acid groups (broad SMARTS) is 1. The zero-order valence-corrected chi connectivity index (χ0v) is 64.1. The van der Waals surface area contributed by atoms with Crippen molar-refractivity contribution < 1.29 is 107 Å². The van der Waals surface area contributed by atoms with E-state index in [2.05, 4.69) is 97.7 Å². The van der Waals surface area contributed by atoms with Crippen LogP contribution in [0.1, 0.15) is 135 Å². The number of likely N-dealkylation sites (tertiary alicyclic amines) is 1. The van der Waals surface area contributed by atoms with Gasteiger partial charge in [-0.15, -0.1) is 0 Å². The molecule has 1 rings (SSSR count).